The quantitative estimate of drug-likeness (QED) is 0.878. The number of aryl methyl sites for hydroxylation is 1. The number of carbonyl (C=O) groups excluding carboxylic acids is 1. The molecule has 1 amide bonds. The molecule has 3 nitrogen and oxygen atoms in total. The molecule has 1 atom stereocenters. The van der Waals surface area contributed by atoms with Gasteiger partial charge in [-0.25, -0.2) is 0 Å². The van der Waals surface area contributed by atoms with Crippen molar-refractivity contribution in [2.24, 2.45) is 0 Å². The molecule has 0 radical (unpaired) electrons. The maximum Gasteiger partial charge on any atom is 0.238 e. The molecule has 0 aliphatic carbocycles. The second-order valence-corrected chi connectivity index (χ2v) is 5.45. The van der Waals surface area contributed by atoms with Crippen molar-refractivity contribution >= 4 is 23.2 Å². The van der Waals surface area contributed by atoms with Crippen molar-refractivity contribution in [3.05, 3.63) is 64.7 Å². The van der Waals surface area contributed by atoms with Crippen molar-refractivity contribution in [1.29, 1.82) is 0 Å². The molecule has 0 bridgehead atoms. The van der Waals surface area contributed by atoms with Gasteiger partial charge >= 0.3 is 0 Å². The summed E-state index contributed by atoms with van der Waals surface area (Å²) in [6, 6.07) is 15.4. The molecule has 110 valence electrons. The van der Waals surface area contributed by atoms with Gasteiger partial charge in [-0.05, 0) is 43.2 Å². The summed E-state index contributed by atoms with van der Waals surface area (Å²) >= 11 is 6.14. The van der Waals surface area contributed by atoms with E-state index in [2.05, 4.69) is 10.6 Å². The topological polar surface area (TPSA) is 41.1 Å². The van der Waals surface area contributed by atoms with Crippen LogP contribution in [0.5, 0.6) is 0 Å². The third kappa shape index (κ3) is 4.59. The van der Waals surface area contributed by atoms with Gasteiger partial charge in [0.25, 0.3) is 0 Å². The Labute approximate surface area is 130 Å². The van der Waals surface area contributed by atoms with E-state index in [9.17, 15) is 4.79 Å². The van der Waals surface area contributed by atoms with Gasteiger partial charge in [0, 0.05) is 16.8 Å². The monoisotopic (exact) mass is 302 g/mol. The zero-order chi connectivity index (χ0) is 15.2. The van der Waals surface area contributed by atoms with Crippen molar-refractivity contribution < 1.29 is 4.79 Å². The molecular formula is C17H19ClN2O. The van der Waals surface area contributed by atoms with Crippen molar-refractivity contribution in [2.75, 3.05) is 11.9 Å². The van der Waals surface area contributed by atoms with E-state index in [1.165, 1.54) is 0 Å². The van der Waals surface area contributed by atoms with Gasteiger partial charge in [-0.3, -0.25) is 4.79 Å². The Morgan fingerprint density at radius 3 is 2.67 bits per heavy atom. The first-order chi connectivity index (χ1) is 10.1. The van der Waals surface area contributed by atoms with E-state index in [1.807, 2.05) is 62.4 Å². The molecule has 2 aromatic rings. The average molecular weight is 303 g/mol. The van der Waals surface area contributed by atoms with E-state index in [1.54, 1.807) is 0 Å². The highest BCUT2D eigenvalue weighted by Gasteiger charge is 2.10. The fourth-order valence-corrected chi connectivity index (χ4v) is 2.41. The number of amides is 1. The Bertz CT molecular complexity index is 628. The number of hydrogen-bond acceptors (Lipinski definition) is 2. The van der Waals surface area contributed by atoms with Gasteiger partial charge in [-0.1, -0.05) is 41.9 Å². The van der Waals surface area contributed by atoms with Crippen LogP contribution < -0.4 is 10.6 Å². The van der Waals surface area contributed by atoms with E-state index in [-0.39, 0.29) is 18.5 Å². The Morgan fingerprint density at radius 2 is 1.95 bits per heavy atom. The van der Waals surface area contributed by atoms with Crippen LogP contribution in [0.1, 0.15) is 24.1 Å². The number of benzene rings is 2. The van der Waals surface area contributed by atoms with Crippen LogP contribution in [0.25, 0.3) is 0 Å². The maximum atomic E-state index is 11.9. The molecule has 0 saturated carbocycles. The number of nitrogens with one attached hydrogen (secondary N) is 2. The number of hydrogen-bond donors (Lipinski definition) is 2. The number of anilines is 1. The highest BCUT2D eigenvalue weighted by molar-refractivity contribution is 6.31. The van der Waals surface area contributed by atoms with Crippen LogP contribution in [-0.2, 0) is 4.79 Å². The fraction of sp³-hybridized carbons (Fsp3) is 0.235. The molecule has 0 saturated heterocycles. The molecule has 0 aliphatic heterocycles. The van der Waals surface area contributed by atoms with E-state index in [0.29, 0.717) is 5.02 Å². The van der Waals surface area contributed by atoms with Crippen LogP contribution in [0.15, 0.2) is 48.5 Å². The molecular weight excluding hydrogens is 284 g/mol. The number of rotatable bonds is 5. The first-order valence-electron chi connectivity index (χ1n) is 6.90. The van der Waals surface area contributed by atoms with Gasteiger partial charge in [0.05, 0.1) is 6.54 Å². The predicted molar refractivity (Wildman–Crippen MR) is 87.7 cm³/mol. The Hall–Kier alpha value is -1.84. The lowest BCUT2D eigenvalue weighted by molar-refractivity contribution is -0.115. The zero-order valence-electron chi connectivity index (χ0n) is 12.2. The van der Waals surface area contributed by atoms with Crippen LogP contribution in [0, 0.1) is 6.92 Å². The van der Waals surface area contributed by atoms with Crippen molar-refractivity contribution in [3.63, 3.8) is 0 Å². The molecule has 0 aromatic heterocycles. The van der Waals surface area contributed by atoms with Crippen LogP contribution in [0.2, 0.25) is 5.02 Å². The number of halogens is 1. The maximum absolute atomic E-state index is 11.9. The summed E-state index contributed by atoms with van der Waals surface area (Å²) in [5.41, 5.74) is 2.92. The van der Waals surface area contributed by atoms with Gasteiger partial charge in [0.1, 0.15) is 0 Å². The minimum Gasteiger partial charge on any atom is -0.325 e. The van der Waals surface area contributed by atoms with Gasteiger partial charge < -0.3 is 10.6 Å². The molecule has 2 rings (SSSR count). The first-order valence-corrected chi connectivity index (χ1v) is 7.28. The van der Waals surface area contributed by atoms with E-state index in [4.69, 9.17) is 11.6 Å². The van der Waals surface area contributed by atoms with Crippen LogP contribution in [0.4, 0.5) is 5.69 Å². The molecule has 2 aromatic carbocycles. The molecule has 0 aliphatic rings. The molecule has 2 N–H and O–H groups in total. The summed E-state index contributed by atoms with van der Waals surface area (Å²) in [7, 11) is 0. The lowest BCUT2D eigenvalue weighted by atomic mass is 10.1. The van der Waals surface area contributed by atoms with E-state index >= 15 is 0 Å². The summed E-state index contributed by atoms with van der Waals surface area (Å²) in [4.78, 5) is 11.9. The lowest BCUT2D eigenvalue weighted by Gasteiger charge is -2.15. The molecule has 0 unspecified atom stereocenters. The third-order valence-electron chi connectivity index (χ3n) is 3.24. The number of carbonyl (C=O) groups is 1. The van der Waals surface area contributed by atoms with E-state index in [0.717, 1.165) is 16.8 Å². The standard InChI is InChI=1S/C17H19ClN2O/c1-12-6-5-7-14(10-12)20-17(21)11-19-13(2)15-8-3-4-9-16(15)18/h3-10,13,19H,11H2,1-2H3,(H,20,21)/t13-/m0/s1. The van der Waals surface area contributed by atoms with Gasteiger partial charge in [0.2, 0.25) is 5.91 Å². The normalized spacial score (nSPS) is 12.0. The lowest BCUT2D eigenvalue weighted by Crippen LogP contribution is -2.30. The Balaban J connectivity index is 1.88. The van der Waals surface area contributed by atoms with Crippen molar-refractivity contribution in [3.8, 4) is 0 Å². The smallest absolute Gasteiger partial charge is 0.238 e. The Kier molecular flexibility index (Phi) is 5.37. The predicted octanol–water partition coefficient (Wildman–Crippen LogP) is 3.94. The summed E-state index contributed by atoms with van der Waals surface area (Å²) < 4.78 is 0. The van der Waals surface area contributed by atoms with Gasteiger partial charge in [0.15, 0.2) is 0 Å². The van der Waals surface area contributed by atoms with Gasteiger partial charge in [-0.2, -0.15) is 0 Å². The second kappa shape index (κ2) is 7.25. The fourth-order valence-electron chi connectivity index (χ4n) is 2.11. The van der Waals surface area contributed by atoms with Crippen LogP contribution >= 0.6 is 11.6 Å². The molecule has 0 fully saturated rings. The largest absolute Gasteiger partial charge is 0.325 e. The summed E-state index contributed by atoms with van der Waals surface area (Å²) in [6.45, 7) is 4.22. The summed E-state index contributed by atoms with van der Waals surface area (Å²) in [5, 5.41) is 6.75. The minimum atomic E-state index is -0.0699. The van der Waals surface area contributed by atoms with Crippen LogP contribution in [-0.4, -0.2) is 12.5 Å². The minimum absolute atomic E-state index is 0.0157. The summed E-state index contributed by atoms with van der Waals surface area (Å²) in [6.07, 6.45) is 0. The van der Waals surface area contributed by atoms with Crippen molar-refractivity contribution in [2.45, 2.75) is 19.9 Å². The molecule has 0 spiro atoms. The third-order valence-corrected chi connectivity index (χ3v) is 3.59. The van der Waals surface area contributed by atoms with Crippen molar-refractivity contribution in [1.82, 2.24) is 5.32 Å². The van der Waals surface area contributed by atoms with Gasteiger partial charge in [-0.15, -0.1) is 0 Å². The van der Waals surface area contributed by atoms with E-state index < -0.39 is 0 Å². The molecule has 0 heterocycles. The SMILES string of the molecule is Cc1cccc(NC(=O)CN[C@@H](C)c2ccccc2Cl)c1. The zero-order valence-corrected chi connectivity index (χ0v) is 12.9. The average Bonchev–Trinajstić information content (AvgIpc) is 2.45. The molecule has 4 heteroatoms. The Morgan fingerprint density at radius 1 is 1.19 bits per heavy atom. The van der Waals surface area contributed by atoms with Crippen LogP contribution in [0.3, 0.4) is 0 Å². The first kappa shape index (κ1) is 15.5. The second-order valence-electron chi connectivity index (χ2n) is 5.04. The molecule has 21 heavy (non-hydrogen) atoms. The highest BCUT2D eigenvalue weighted by Crippen LogP contribution is 2.21. The highest BCUT2D eigenvalue weighted by atomic mass is 35.5. The summed E-state index contributed by atoms with van der Waals surface area (Å²) in [5.74, 6) is -0.0699.